The van der Waals surface area contributed by atoms with Crippen LogP contribution in [-0.4, -0.2) is 11.1 Å². The third-order valence-electron chi connectivity index (χ3n) is 2.52. The number of rotatable bonds is 3. The van der Waals surface area contributed by atoms with Crippen LogP contribution in [0.15, 0.2) is 35.7 Å². The second kappa shape index (κ2) is 4.49. The van der Waals surface area contributed by atoms with Gasteiger partial charge < -0.3 is 5.11 Å². The first-order chi connectivity index (χ1) is 7.72. The van der Waals surface area contributed by atoms with E-state index in [1.54, 1.807) is 17.4 Å². The molecule has 2 rings (SSSR count). The first-order valence-electron chi connectivity index (χ1n) is 5.12. The number of benzene rings is 1. The summed E-state index contributed by atoms with van der Waals surface area (Å²) in [7, 11) is 0. The van der Waals surface area contributed by atoms with Crippen molar-refractivity contribution in [3.8, 4) is 10.4 Å². The molecule has 2 nitrogen and oxygen atoms in total. The van der Waals surface area contributed by atoms with E-state index in [4.69, 9.17) is 5.11 Å². The Kier molecular flexibility index (Phi) is 3.06. The van der Waals surface area contributed by atoms with E-state index in [2.05, 4.69) is 0 Å². The van der Waals surface area contributed by atoms with Gasteiger partial charge in [-0.1, -0.05) is 19.1 Å². The van der Waals surface area contributed by atoms with E-state index in [9.17, 15) is 4.79 Å². The summed E-state index contributed by atoms with van der Waals surface area (Å²) in [5.41, 5.74) is 2.39. The summed E-state index contributed by atoms with van der Waals surface area (Å²) in [4.78, 5) is 12.2. The quantitative estimate of drug-likeness (QED) is 0.876. The molecule has 0 fully saturated rings. The van der Waals surface area contributed by atoms with Crippen LogP contribution in [0.5, 0.6) is 0 Å². The Bertz CT molecular complexity index is 501. The summed E-state index contributed by atoms with van der Waals surface area (Å²) < 4.78 is 0. The van der Waals surface area contributed by atoms with Gasteiger partial charge in [-0.15, -0.1) is 11.3 Å². The molecule has 0 saturated heterocycles. The topological polar surface area (TPSA) is 37.3 Å². The molecule has 0 aliphatic heterocycles. The standard InChI is InChI=1S/C13H12O2S/c1-2-9-8-10(12-4-3-7-16-12)5-6-11(9)13(14)15/h3-8H,2H2,1H3,(H,14,15). The van der Waals surface area contributed by atoms with E-state index in [-0.39, 0.29) is 0 Å². The maximum Gasteiger partial charge on any atom is 0.335 e. The van der Waals surface area contributed by atoms with Crippen LogP contribution in [0.2, 0.25) is 0 Å². The Morgan fingerprint density at radius 2 is 2.19 bits per heavy atom. The van der Waals surface area contributed by atoms with E-state index in [1.165, 1.54) is 4.88 Å². The molecule has 0 spiro atoms. The second-order valence-corrected chi connectivity index (χ2v) is 4.46. The maximum atomic E-state index is 11.0. The van der Waals surface area contributed by atoms with Crippen LogP contribution >= 0.6 is 11.3 Å². The monoisotopic (exact) mass is 232 g/mol. The Labute approximate surface area is 98.2 Å². The lowest BCUT2D eigenvalue weighted by atomic mass is 10.0. The zero-order valence-corrected chi connectivity index (χ0v) is 9.75. The molecule has 2 aromatic rings. The molecule has 1 aromatic heterocycles. The van der Waals surface area contributed by atoms with Gasteiger partial charge in [0.1, 0.15) is 0 Å². The predicted octanol–water partition coefficient (Wildman–Crippen LogP) is 3.68. The number of aromatic carboxylic acids is 1. The zero-order valence-electron chi connectivity index (χ0n) is 8.93. The molecular formula is C13H12O2S. The van der Waals surface area contributed by atoms with Crippen molar-refractivity contribution in [2.24, 2.45) is 0 Å². The lowest BCUT2D eigenvalue weighted by Crippen LogP contribution is -2.01. The highest BCUT2D eigenvalue weighted by molar-refractivity contribution is 7.13. The van der Waals surface area contributed by atoms with Gasteiger partial charge in [-0.3, -0.25) is 0 Å². The van der Waals surface area contributed by atoms with E-state index in [0.717, 1.165) is 17.5 Å². The van der Waals surface area contributed by atoms with Gasteiger partial charge in [0.2, 0.25) is 0 Å². The van der Waals surface area contributed by atoms with Crippen molar-refractivity contribution in [2.75, 3.05) is 0 Å². The van der Waals surface area contributed by atoms with Crippen LogP contribution in [0.3, 0.4) is 0 Å². The Morgan fingerprint density at radius 3 is 2.75 bits per heavy atom. The summed E-state index contributed by atoms with van der Waals surface area (Å²) in [6, 6.07) is 9.57. The van der Waals surface area contributed by atoms with E-state index >= 15 is 0 Å². The number of aryl methyl sites for hydroxylation is 1. The lowest BCUT2D eigenvalue weighted by molar-refractivity contribution is 0.0696. The molecular weight excluding hydrogens is 220 g/mol. The Balaban J connectivity index is 2.49. The van der Waals surface area contributed by atoms with Gasteiger partial charge in [0, 0.05) is 4.88 Å². The van der Waals surface area contributed by atoms with Gasteiger partial charge in [-0.25, -0.2) is 4.79 Å². The normalized spacial score (nSPS) is 10.3. The van der Waals surface area contributed by atoms with Crippen molar-refractivity contribution < 1.29 is 9.90 Å². The summed E-state index contributed by atoms with van der Waals surface area (Å²) in [6.07, 6.45) is 0.737. The van der Waals surface area contributed by atoms with Crippen molar-refractivity contribution in [2.45, 2.75) is 13.3 Å². The number of carbonyl (C=O) groups is 1. The third kappa shape index (κ3) is 1.99. The molecule has 1 aromatic carbocycles. The minimum absolute atomic E-state index is 0.405. The van der Waals surface area contributed by atoms with Crippen LogP contribution in [0.1, 0.15) is 22.8 Å². The average molecular weight is 232 g/mol. The molecule has 0 saturated carbocycles. The van der Waals surface area contributed by atoms with Gasteiger partial charge >= 0.3 is 5.97 Å². The zero-order chi connectivity index (χ0) is 11.5. The minimum Gasteiger partial charge on any atom is -0.478 e. The molecule has 82 valence electrons. The van der Waals surface area contributed by atoms with Crippen molar-refractivity contribution in [3.63, 3.8) is 0 Å². The number of thiophene rings is 1. The van der Waals surface area contributed by atoms with Crippen LogP contribution in [-0.2, 0) is 6.42 Å². The van der Waals surface area contributed by atoms with Gasteiger partial charge in [-0.2, -0.15) is 0 Å². The average Bonchev–Trinajstić information content (AvgIpc) is 2.81. The molecule has 0 radical (unpaired) electrons. The number of carboxylic acid groups (broad SMARTS) is 1. The van der Waals surface area contributed by atoms with Crippen LogP contribution in [0, 0.1) is 0 Å². The molecule has 0 aliphatic carbocycles. The number of hydrogen-bond acceptors (Lipinski definition) is 2. The van der Waals surface area contributed by atoms with Gasteiger partial charge in [-0.05, 0) is 41.1 Å². The van der Waals surface area contributed by atoms with E-state index in [0.29, 0.717) is 5.56 Å². The molecule has 0 atom stereocenters. The van der Waals surface area contributed by atoms with E-state index < -0.39 is 5.97 Å². The predicted molar refractivity (Wildman–Crippen MR) is 66.1 cm³/mol. The highest BCUT2D eigenvalue weighted by atomic mass is 32.1. The molecule has 0 amide bonds. The number of hydrogen-bond donors (Lipinski definition) is 1. The fourth-order valence-electron chi connectivity index (χ4n) is 1.69. The molecule has 0 unspecified atom stereocenters. The Morgan fingerprint density at radius 1 is 1.38 bits per heavy atom. The van der Waals surface area contributed by atoms with Crippen LogP contribution in [0.4, 0.5) is 0 Å². The Hall–Kier alpha value is -1.61. The summed E-state index contributed by atoms with van der Waals surface area (Å²) >= 11 is 1.66. The van der Waals surface area contributed by atoms with Crippen molar-refractivity contribution in [3.05, 3.63) is 46.8 Å². The SMILES string of the molecule is CCc1cc(-c2cccs2)ccc1C(=O)O. The molecule has 16 heavy (non-hydrogen) atoms. The number of carboxylic acids is 1. The van der Waals surface area contributed by atoms with Gasteiger partial charge in [0.15, 0.2) is 0 Å². The van der Waals surface area contributed by atoms with E-state index in [1.807, 2.05) is 36.6 Å². The first kappa shape index (κ1) is 10.9. The molecule has 3 heteroatoms. The van der Waals surface area contributed by atoms with Crippen LogP contribution < -0.4 is 0 Å². The first-order valence-corrected chi connectivity index (χ1v) is 6.00. The van der Waals surface area contributed by atoms with Gasteiger partial charge in [0.05, 0.1) is 5.56 Å². The second-order valence-electron chi connectivity index (χ2n) is 3.51. The molecule has 1 N–H and O–H groups in total. The molecule has 0 bridgehead atoms. The van der Waals surface area contributed by atoms with Crippen molar-refractivity contribution >= 4 is 17.3 Å². The molecule has 0 aliphatic rings. The summed E-state index contributed by atoms with van der Waals surface area (Å²) in [5.74, 6) is -0.852. The third-order valence-corrected chi connectivity index (χ3v) is 3.44. The maximum absolute atomic E-state index is 11.0. The van der Waals surface area contributed by atoms with Crippen molar-refractivity contribution in [1.82, 2.24) is 0 Å². The summed E-state index contributed by atoms with van der Waals surface area (Å²) in [6.45, 7) is 1.97. The highest BCUT2D eigenvalue weighted by Crippen LogP contribution is 2.26. The van der Waals surface area contributed by atoms with Gasteiger partial charge in [0.25, 0.3) is 0 Å². The fraction of sp³-hybridized carbons (Fsp3) is 0.154. The largest absolute Gasteiger partial charge is 0.478 e. The molecule has 1 heterocycles. The minimum atomic E-state index is -0.852. The fourth-order valence-corrected chi connectivity index (χ4v) is 2.41. The van der Waals surface area contributed by atoms with Crippen LogP contribution in [0.25, 0.3) is 10.4 Å². The highest BCUT2D eigenvalue weighted by Gasteiger charge is 2.10. The van der Waals surface area contributed by atoms with Crippen molar-refractivity contribution in [1.29, 1.82) is 0 Å². The lowest BCUT2D eigenvalue weighted by Gasteiger charge is -2.05. The smallest absolute Gasteiger partial charge is 0.335 e. The summed E-state index contributed by atoms with van der Waals surface area (Å²) in [5, 5.41) is 11.0.